The van der Waals surface area contributed by atoms with Crippen LogP contribution in [-0.4, -0.2) is 37.8 Å². The molecule has 0 radical (unpaired) electrons. The quantitative estimate of drug-likeness (QED) is 0.407. The van der Waals surface area contributed by atoms with Gasteiger partial charge in [-0.25, -0.2) is 0 Å². The first-order chi connectivity index (χ1) is 12.5. The van der Waals surface area contributed by atoms with E-state index < -0.39 is 17.4 Å². The number of methoxy groups -OCH3 is 1. The zero-order valence-electron chi connectivity index (χ0n) is 13.9. The largest absolute Gasteiger partial charge is 0.489 e. The standard InChI is InChI=1S/C17H17ClN2O6/c1-24-8-9-25-15-7-6-12(18)10-13(15)19-17(21)11-26-16-5-3-2-4-14(16)20(22)23/h2-7,10H,8-9,11H2,1H3,(H,19,21). The Labute approximate surface area is 154 Å². The first-order valence-electron chi connectivity index (χ1n) is 7.58. The molecule has 0 aliphatic carbocycles. The van der Waals surface area contributed by atoms with Gasteiger partial charge in [-0.2, -0.15) is 0 Å². The number of hydrogen-bond donors (Lipinski definition) is 1. The summed E-state index contributed by atoms with van der Waals surface area (Å²) in [6.07, 6.45) is 0. The van der Waals surface area contributed by atoms with Crippen LogP contribution in [0.4, 0.5) is 11.4 Å². The zero-order chi connectivity index (χ0) is 18.9. The predicted molar refractivity (Wildman–Crippen MR) is 96.0 cm³/mol. The molecule has 0 spiro atoms. The number of nitro benzene ring substituents is 1. The Morgan fingerprint density at radius 2 is 1.92 bits per heavy atom. The maximum atomic E-state index is 12.1. The van der Waals surface area contributed by atoms with Crippen LogP contribution in [0.25, 0.3) is 0 Å². The summed E-state index contributed by atoms with van der Waals surface area (Å²) in [5.41, 5.74) is 0.149. The summed E-state index contributed by atoms with van der Waals surface area (Å²) in [6.45, 7) is 0.277. The third kappa shape index (κ3) is 5.61. The van der Waals surface area contributed by atoms with Crippen LogP contribution in [-0.2, 0) is 9.53 Å². The lowest BCUT2D eigenvalue weighted by molar-refractivity contribution is -0.385. The van der Waals surface area contributed by atoms with E-state index in [1.807, 2.05) is 0 Å². The molecule has 1 amide bonds. The number of amides is 1. The van der Waals surface area contributed by atoms with E-state index in [1.54, 1.807) is 25.3 Å². The topological polar surface area (TPSA) is 99.9 Å². The molecule has 0 atom stereocenters. The number of nitrogens with zero attached hydrogens (tertiary/aromatic N) is 1. The van der Waals surface area contributed by atoms with Crippen LogP contribution in [0, 0.1) is 10.1 Å². The van der Waals surface area contributed by atoms with Crippen molar-refractivity contribution in [2.24, 2.45) is 0 Å². The Morgan fingerprint density at radius 1 is 1.15 bits per heavy atom. The molecule has 0 aliphatic heterocycles. The first kappa shape index (κ1) is 19.5. The molecule has 2 rings (SSSR count). The molecule has 0 bridgehead atoms. The molecule has 0 unspecified atom stereocenters. The number of rotatable bonds is 9. The summed E-state index contributed by atoms with van der Waals surface area (Å²) < 4.78 is 15.7. The van der Waals surface area contributed by atoms with Crippen molar-refractivity contribution in [1.29, 1.82) is 0 Å². The smallest absolute Gasteiger partial charge is 0.310 e. The highest BCUT2D eigenvalue weighted by atomic mass is 35.5. The normalized spacial score (nSPS) is 10.2. The SMILES string of the molecule is COCCOc1ccc(Cl)cc1NC(=O)COc1ccccc1[N+](=O)[O-]. The Kier molecular flexibility index (Phi) is 7.19. The van der Waals surface area contributed by atoms with E-state index in [2.05, 4.69) is 5.32 Å². The van der Waals surface area contributed by atoms with Crippen LogP contribution in [0.2, 0.25) is 5.02 Å². The van der Waals surface area contributed by atoms with Crippen molar-refractivity contribution in [1.82, 2.24) is 0 Å². The third-order valence-corrected chi connectivity index (χ3v) is 3.42. The molecule has 0 heterocycles. The van der Waals surface area contributed by atoms with E-state index in [0.717, 1.165) is 0 Å². The minimum absolute atomic E-state index is 0.00955. The van der Waals surface area contributed by atoms with Crippen molar-refractivity contribution < 1.29 is 23.9 Å². The number of ether oxygens (including phenoxy) is 3. The summed E-state index contributed by atoms with van der Waals surface area (Å²) in [7, 11) is 1.55. The van der Waals surface area contributed by atoms with Gasteiger partial charge in [-0.3, -0.25) is 14.9 Å². The van der Waals surface area contributed by atoms with Gasteiger partial charge in [0, 0.05) is 18.2 Å². The summed E-state index contributed by atoms with van der Waals surface area (Å²) in [5.74, 6) is -0.0807. The van der Waals surface area contributed by atoms with E-state index in [9.17, 15) is 14.9 Å². The highest BCUT2D eigenvalue weighted by molar-refractivity contribution is 6.31. The molecule has 26 heavy (non-hydrogen) atoms. The minimum Gasteiger partial charge on any atom is -0.489 e. The molecule has 0 saturated heterocycles. The molecule has 0 aliphatic rings. The summed E-state index contributed by atoms with van der Waals surface area (Å²) >= 11 is 5.95. The van der Waals surface area contributed by atoms with E-state index in [4.69, 9.17) is 25.8 Å². The van der Waals surface area contributed by atoms with E-state index in [-0.39, 0.29) is 11.4 Å². The van der Waals surface area contributed by atoms with E-state index >= 15 is 0 Å². The van der Waals surface area contributed by atoms with Gasteiger partial charge in [0.2, 0.25) is 0 Å². The second kappa shape index (κ2) is 9.59. The molecule has 8 nitrogen and oxygen atoms in total. The molecule has 0 aromatic heterocycles. The van der Waals surface area contributed by atoms with Crippen LogP contribution < -0.4 is 14.8 Å². The van der Waals surface area contributed by atoms with Crippen LogP contribution in [0.3, 0.4) is 0 Å². The molecular weight excluding hydrogens is 364 g/mol. The van der Waals surface area contributed by atoms with Crippen molar-refractivity contribution in [3.63, 3.8) is 0 Å². The highest BCUT2D eigenvalue weighted by Crippen LogP contribution is 2.29. The predicted octanol–water partition coefficient (Wildman–Crippen LogP) is 3.29. The molecule has 0 fully saturated rings. The lowest BCUT2D eigenvalue weighted by Gasteiger charge is -2.13. The number of nitro groups is 1. The Morgan fingerprint density at radius 3 is 2.65 bits per heavy atom. The fourth-order valence-corrected chi connectivity index (χ4v) is 2.19. The number of halogens is 1. The second-order valence-electron chi connectivity index (χ2n) is 5.04. The van der Waals surface area contributed by atoms with Crippen LogP contribution in [0.5, 0.6) is 11.5 Å². The molecule has 2 aromatic carbocycles. The van der Waals surface area contributed by atoms with Crippen molar-refractivity contribution >= 4 is 28.9 Å². The Hall–Kier alpha value is -2.84. The molecule has 0 saturated carbocycles. The van der Waals surface area contributed by atoms with Crippen LogP contribution in [0.15, 0.2) is 42.5 Å². The molecule has 1 N–H and O–H groups in total. The number of nitrogens with one attached hydrogen (secondary N) is 1. The number of carbonyl (C=O) groups is 1. The molecular formula is C17H17ClN2O6. The monoisotopic (exact) mass is 380 g/mol. The summed E-state index contributed by atoms with van der Waals surface area (Å²) in [5, 5.41) is 14.0. The maximum Gasteiger partial charge on any atom is 0.310 e. The summed E-state index contributed by atoms with van der Waals surface area (Å²) in [4.78, 5) is 22.5. The van der Waals surface area contributed by atoms with Crippen molar-refractivity contribution in [2.75, 3.05) is 32.2 Å². The van der Waals surface area contributed by atoms with Crippen LogP contribution >= 0.6 is 11.6 Å². The molecule has 2 aromatic rings. The number of para-hydroxylation sites is 2. The van der Waals surface area contributed by atoms with Gasteiger partial charge in [0.15, 0.2) is 12.4 Å². The summed E-state index contributed by atoms with van der Waals surface area (Å²) in [6, 6.07) is 10.6. The number of hydrogen-bond acceptors (Lipinski definition) is 6. The second-order valence-corrected chi connectivity index (χ2v) is 5.48. The average Bonchev–Trinajstić information content (AvgIpc) is 2.62. The van der Waals surface area contributed by atoms with Gasteiger partial charge in [-0.15, -0.1) is 0 Å². The lowest BCUT2D eigenvalue weighted by Crippen LogP contribution is -2.21. The Balaban J connectivity index is 2.01. The zero-order valence-corrected chi connectivity index (χ0v) is 14.7. The number of benzene rings is 2. The van der Waals surface area contributed by atoms with Crippen molar-refractivity contribution in [3.05, 3.63) is 57.6 Å². The fraction of sp³-hybridized carbons (Fsp3) is 0.235. The fourth-order valence-electron chi connectivity index (χ4n) is 2.02. The van der Waals surface area contributed by atoms with Gasteiger partial charge in [-0.05, 0) is 24.3 Å². The Bertz CT molecular complexity index is 784. The van der Waals surface area contributed by atoms with Gasteiger partial charge < -0.3 is 19.5 Å². The van der Waals surface area contributed by atoms with Gasteiger partial charge in [0.25, 0.3) is 5.91 Å². The van der Waals surface area contributed by atoms with Crippen molar-refractivity contribution in [2.45, 2.75) is 0 Å². The van der Waals surface area contributed by atoms with Crippen LogP contribution in [0.1, 0.15) is 0 Å². The van der Waals surface area contributed by atoms with Gasteiger partial charge in [0.1, 0.15) is 12.4 Å². The highest BCUT2D eigenvalue weighted by Gasteiger charge is 2.16. The van der Waals surface area contributed by atoms with Gasteiger partial charge in [-0.1, -0.05) is 23.7 Å². The maximum absolute atomic E-state index is 12.1. The number of carbonyl (C=O) groups excluding carboxylic acids is 1. The van der Waals surface area contributed by atoms with Gasteiger partial charge in [0.05, 0.1) is 17.2 Å². The molecule has 9 heteroatoms. The van der Waals surface area contributed by atoms with Gasteiger partial charge >= 0.3 is 5.69 Å². The molecule has 138 valence electrons. The van der Waals surface area contributed by atoms with E-state index in [1.165, 1.54) is 24.3 Å². The first-order valence-corrected chi connectivity index (χ1v) is 7.96. The average molecular weight is 381 g/mol. The van der Waals surface area contributed by atoms with E-state index in [0.29, 0.717) is 29.7 Å². The minimum atomic E-state index is -0.577. The number of anilines is 1. The van der Waals surface area contributed by atoms with Crippen molar-refractivity contribution in [3.8, 4) is 11.5 Å². The third-order valence-electron chi connectivity index (χ3n) is 3.18. The lowest BCUT2D eigenvalue weighted by atomic mass is 10.3.